The first-order chi connectivity index (χ1) is 15.1. The molecule has 4 N–H and O–H groups in total. The number of anilines is 2. The minimum Gasteiger partial charge on any atom is -0.488 e. The second kappa shape index (κ2) is 6.64. The van der Waals surface area contributed by atoms with E-state index >= 15 is 0 Å². The molecule has 4 heterocycles. The van der Waals surface area contributed by atoms with Crippen LogP contribution in [-0.2, 0) is 0 Å². The summed E-state index contributed by atoms with van der Waals surface area (Å²) in [5.41, 5.74) is 7.70. The molecule has 3 aliphatic rings. The van der Waals surface area contributed by atoms with Crippen molar-refractivity contribution in [3.8, 4) is 22.8 Å². The molecule has 31 heavy (non-hydrogen) atoms. The Morgan fingerprint density at radius 3 is 3.03 bits per heavy atom. The maximum Gasteiger partial charge on any atom is 0.278 e. The van der Waals surface area contributed by atoms with Gasteiger partial charge in [0.25, 0.3) is 5.91 Å². The second-order valence-corrected chi connectivity index (χ2v) is 8.13. The molecule has 3 aromatic rings. The summed E-state index contributed by atoms with van der Waals surface area (Å²) in [5, 5.41) is 6.39. The Labute approximate surface area is 178 Å². The third kappa shape index (κ3) is 3.14. The number of fused-ring (bicyclic) bond motifs is 7. The van der Waals surface area contributed by atoms with Crippen molar-refractivity contribution in [2.24, 2.45) is 0 Å². The molecule has 1 aliphatic carbocycles. The Kier molecular flexibility index (Phi) is 3.87. The van der Waals surface area contributed by atoms with Crippen molar-refractivity contribution in [3.63, 3.8) is 0 Å². The van der Waals surface area contributed by atoms with Gasteiger partial charge in [-0.1, -0.05) is 12.1 Å². The number of rotatable bonds is 0. The fourth-order valence-electron chi connectivity index (χ4n) is 4.32. The minimum absolute atomic E-state index is 0.0365. The standard InChI is InChI=1S/C22H20N6O3/c23-20-19-21(29)28-16-10-24-5-4-17(16)30-14-7-22(26-9-14)8-18(22)31-13-3-1-2-12(6-13)15(27-19)11-25-20/h1-6,10-11,14,18,26H,7-9H2,(H2,23,25)(H,28,29)/t14-,18?,22?/m0/s1. The van der Waals surface area contributed by atoms with E-state index in [2.05, 4.69) is 25.6 Å². The molecule has 156 valence electrons. The SMILES string of the molecule is Nc1ncc2nc1C(=O)Nc1cnccc1O[C@@H]1CNC3(CC3Oc3cccc-2c3)C1. The van der Waals surface area contributed by atoms with E-state index in [9.17, 15) is 4.79 Å². The molecular formula is C22H20N6O3. The van der Waals surface area contributed by atoms with Crippen LogP contribution in [-0.4, -0.2) is 45.2 Å². The molecule has 2 fully saturated rings. The Bertz CT molecular complexity index is 1200. The predicted molar refractivity (Wildman–Crippen MR) is 113 cm³/mol. The maximum atomic E-state index is 13.0. The third-order valence-corrected chi connectivity index (χ3v) is 6.03. The Balaban J connectivity index is 1.45. The first-order valence-electron chi connectivity index (χ1n) is 10.2. The van der Waals surface area contributed by atoms with Crippen molar-refractivity contribution in [3.05, 3.63) is 54.6 Å². The highest BCUT2D eigenvalue weighted by Crippen LogP contribution is 2.47. The van der Waals surface area contributed by atoms with Gasteiger partial charge in [0.15, 0.2) is 11.5 Å². The summed E-state index contributed by atoms with van der Waals surface area (Å²) < 4.78 is 12.5. The number of carbonyl (C=O) groups excluding carboxylic acids is 1. The number of nitrogens with zero attached hydrogens (tertiary/aromatic N) is 3. The third-order valence-electron chi connectivity index (χ3n) is 6.03. The first kappa shape index (κ1) is 18.1. The lowest BCUT2D eigenvalue weighted by atomic mass is 10.1. The molecule has 6 bridgehead atoms. The fourth-order valence-corrected chi connectivity index (χ4v) is 4.32. The van der Waals surface area contributed by atoms with Gasteiger partial charge in [-0.25, -0.2) is 9.97 Å². The molecule has 1 amide bonds. The topological polar surface area (TPSA) is 124 Å². The second-order valence-electron chi connectivity index (χ2n) is 8.13. The van der Waals surface area contributed by atoms with Gasteiger partial charge in [0.1, 0.15) is 29.4 Å². The number of ether oxygens (including phenoxy) is 2. The van der Waals surface area contributed by atoms with Gasteiger partial charge in [0, 0.05) is 37.2 Å². The Morgan fingerprint density at radius 1 is 1.16 bits per heavy atom. The summed E-state index contributed by atoms with van der Waals surface area (Å²) in [6, 6.07) is 9.36. The molecule has 6 rings (SSSR count). The van der Waals surface area contributed by atoms with Gasteiger partial charge in [0.05, 0.1) is 23.6 Å². The number of aromatic nitrogens is 3. The molecule has 9 nitrogen and oxygen atoms in total. The van der Waals surface area contributed by atoms with Crippen molar-refractivity contribution < 1.29 is 14.3 Å². The molecule has 9 heteroatoms. The zero-order valence-electron chi connectivity index (χ0n) is 16.5. The first-order valence-corrected chi connectivity index (χ1v) is 10.2. The predicted octanol–water partition coefficient (Wildman–Crippen LogP) is 2.02. The largest absolute Gasteiger partial charge is 0.488 e. The van der Waals surface area contributed by atoms with Crippen LogP contribution >= 0.6 is 0 Å². The minimum atomic E-state index is -0.479. The molecule has 1 saturated carbocycles. The van der Waals surface area contributed by atoms with Crippen molar-refractivity contribution in [2.75, 3.05) is 17.6 Å². The van der Waals surface area contributed by atoms with Crippen LogP contribution in [0.3, 0.4) is 0 Å². The number of carbonyl (C=O) groups is 1. The summed E-state index contributed by atoms with van der Waals surface area (Å²) in [6.45, 7) is 0.703. The zero-order valence-corrected chi connectivity index (χ0v) is 16.5. The highest BCUT2D eigenvalue weighted by molar-refractivity contribution is 6.06. The van der Waals surface area contributed by atoms with Gasteiger partial charge in [-0.3, -0.25) is 9.78 Å². The molecule has 1 spiro atoms. The number of hydrogen-bond acceptors (Lipinski definition) is 8. The molecule has 2 aliphatic heterocycles. The highest BCUT2D eigenvalue weighted by atomic mass is 16.5. The lowest BCUT2D eigenvalue weighted by molar-refractivity contribution is 0.102. The molecule has 3 atom stereocenters. The van der Waals surface area contributed by atoms with Crippen molar-refractivity contribution in [2.45, 2.75) is 30.6 Å². The molecular weight excluding hydrogens is 396 g/mol. The van der Waals surface area contributed by atoms with E-state index in [4.69, 9.17) is 15.2 Å². The lowest BCUT2D eigenvalue weighted by Crippen LogP contribution is -2.29. The van der Waals surface area contributed by atoms with Crippen LogP contribution in [0.2, 0.25) is 0 Å². The summed E-state index contributed by atoms with van der Waals surface area (Å²) >= 11 is 0. The number of benzene rings is 1. The smallest absolute Gasteiger partial charge is 0.278 e. The van der Waals surface area contributed by atoms with Gasteiger partial charge in [-0.15, -0.1) is 0 Å². The Hall–Kier alpha value is -3.72. The monoisotopic (exact) mass is 416 g/mol. The summed E-state index contributed by atoms with van der Waals surface area (Å²) in [6.07, 6.45) is 6.51. The van der Waals surface area contributed by atoms with Gasteiger partial charge in [0.2, 0.25) is 0 Å². The number of hydrogen-bond donors (Lipinski definition) is 3. The van der Waals surface area contributed by atoms with Crippen LogP contribution in [0.25, 0.3) is 11.3 Å². The molecule has 2 unspecified atom stereocenters. The van der Waals surface area contributed by atoms with E-state index in [1.807, 2.05) is 24.3 Å². The average Bonchev–Trinajstić information content (AvgIpc) is 3.26. The molecule has 0 radical (unpaired) electrons. The zero-order chi connectivity index (χ0) is 21.0. The van der Waals surface area contributed by atoms with Crippen LogP contribution in [0.1, 0.15) is 23.3 Å². The Morgan fingerprint density at radius 2 is 2.10 bits per heavy atom. The van der Waals surface area contributed by atoms with Gasteiger partial charge in [-0.2, -0.15) is 0 Å². The molecule has 1 saturated heterocycles. The fraction of sp³-hybridized carbons (Fsp3) is 0.273. The van der Waals surface area contributed by atoms with Crippen molar-refractivity contribution >= 4 is 17.4 Å². The maximum absolute atomic E-state index is 13.0. The van der Waals surface area contributed by atoms with E-state index in [0.29, 0.717) is 23.7 Å². The molecule has 1 aromatic carbocycles. The average molecular weight is 416 g/mol. The normalized spacial score (nSPS) is 26.0. The number of nitrogens with two attached hydrogens (primary N) is 1. The summed E-state index contributed by atoms with van der Waals surface area (Å²) in [7, 11) is 0. The highest BCUT2D eigenvalue weighted by Gasteiger charge is 2.60. The van der Waals surface area contributed by atoms with E-state index in [1.165, 1.54) is 0 Å². The van der Waals surface area contributed by atoms with Crippen molar-refractivity contribution in [1.82, 2.24) is 20.3 Å². The van der Waals surface area contributed by atoms with E-state index in [1.54, 1.807) is 24.7 Å². The lowest BCUT2D eigenvalue weighted by Gasteiger charge is -2.17. The van der Waals surface area contributed by atoms with Crippen LogP contribution in [0, 0.1) is 0 Å². The number of nitrogens with one attached hydrogen (secondary N) is 2. The van der Waals surface area contributed by atoms with Crippen LogP contribution in [0.5, 0.6) is 11.5 Å². The number of nitrogen functional groups attached to an aromatic ring is 1. The van der Waals surface area contributed by atoms with Gasteiger partial charge in [-0.05, 0) is 12.1 Å². The summed E-state index contributed by atoms with van der Waals surface area (Å²) in [5.74, 6) is 0.861. The molecule has 2 aromatic heterocycles. The van der Waals surface area contributed by atoms with Gasteiger partial charge >= 0.3 is 0 Å². The summed E-state index contributed by atoms with van der Waals surface area (Å²) in [4.78, 5) is 25.7. The number of amides is 1. The van der Waals surface area contributed by atoms with E-state index in [-0.39, 0.29) is 29.3 Å². The van der Waals surface area contributed by atoms with E-state index < -0.39 is 5.91 Å². The van der Waals surface area contributed by atoms with Crippen molar-refractivity contribution in [1.29, 1.82) is 0 Å². The van der Waals surface area contributed by atoms with E-state index in [0.717, 1.165) is 24.2 Å². The number of pyridine rings is 1. The van der Waals surface area contributed by atoms with Crippen LogP contribution < -0.4 is 25.8 Å². The van der Waals surface area contributed by atoms with Gasteiger partial charge < -0.3 is 25.8 Å². The van der Waals surface area contributed by atoms with Crippen LogP contribution in [0.15, 0.2) is 48.9 Å². The quantitative estimate of drug-likeness (QED) is 0.508. The van der Waals surface area contributed by atoms with Crippen LogP contribution in [0.4, 0.5) is 11.5 Å².